The fourth-order valence-electron chi connectivity index (χ4n) is 3.01. The molecule has 1 aliphatic heterocycles. The topological polar surface area (TPSA) is 57.7 Å². The monoisotopic (exact) mass is 412 g/mol. The van der Waals surface area contributed by atoms with Crippen LogP contribution in [0.2, 0.25) is 5.02 Å². The van der Waals surface area contributed by atoms with Crippen LogP contribution in [0.1, 0.15) is 34.5 Å². The molecule has 140 valence electrons. The average molecular weight is 413 g/mol. The van der Waals surface area contributed by atoms with Gasteiger partial charge >= 0.3 is 0 Å². The van der Waals surface area contributed by atoms with Gasteiger partial charge in [0.25, 0.3) is 5.91 Å². The van der Waals surface area contributed by atoms with Crippen LogP contribution in [0.5, 0.6) is 0 Å². The summed E-state index contributed by atoms with van der Waals surface area (Å²) in [6.07, 6.45) is 2.73. The molecule has 1 aromatic carbocycles. The average Bonchev–Trinajstić information content (AvgIpc) is 3.15. The van der Waals surface area contributed by atoms with Crippen molar-refractivity contribution in [2.24, 2.45) is 0 Å². The molecule has 0 saturated carbocycles. The van der Waals surface area contributed by atoms with E-state index in [0.717, 1.165) is 24.1 Å². The molecule has 1 amide bonds. The minimum Gasteiger partial charge on any atom is -0.337 e. The van der Waals surface area contributed by atoms with Gasteiger partial charge in [-0.3, -0.25) is 4.79 Å². The van der Waals surface area contributed by atoms with Gasteiger partial charge in [0, 0.05) is 30.6 Å². The highest BCUT2D eigenvalue weighted by atomic mass is 35.5. The van der Waals surface area contributed by atoms with Crippen LogP contribution >= 0.6 is 22.9 Å². The Balaban J connectivity index is 1.86. The van der Waals surface area contributed by atoms with Crippen LogP contribution < -0.4 is 0 Å². The van der Waals surface area contributed by atoms with E-state index in [2.05, 4.69) is 0 Å². The number of sulfonamides is 1. The van der Waals surface area contributed by atoms with Crippen LogP contribution in [-0.4, -0.2) is 43.7 Å². The lowest BCUT2D eigenvalue weighted by Gasteiger charge is -2.26. The third-order valence-electron chi connectivity index (χ3n) is 4.43. The third kappa shape index (κ3) is 4.11. The van der Waals surface area contributed by atoms with Crippen molar-refractivity contribution in [3.8, 4) is 0 Å². The Hall–Kier alpha value is -1.41. The summed E-state index contributed by atoms with van der Waals surface area (Å²) in [6, 6.07) is 8.36. The largest absolute Gasteiger partial charge is 0.337 e. The summed E-state index contributed by atoms with van der Waals surface area (Å²) < 4.78 is 27.3. The number of thiophene rings is 1. The highest BCUT2D eigenvalue weighted by Gasteiger charge is 2.29. The van der Waals surface area contributed by atoms with Crippen molar-refractivity contribution in [1.82, 2.24) is 9.21 Å². The van der Waals surface area contributed by atoms with E-state index in [4.69, 9.17) is 11.6 Å². The molecule has 0 aliphatic carbocycles. The van der Waals surface area contributed by atoms with Gasteiger partial charge in [-0.05, 0) is 42.5 Å². The Labute approximate surface area is 163 Å². The SMILES string of the molecule is CN(Cc1cccs1)C(=O)c1ccc(Cl)c(S(=O)(=O)N2CCCCC2)c1. The molecule has 26 heavy (non-hydrogen) atoms. The zero-order chi connectivity index (χ0) is 18.7. The highest BCUT2D eigenvalue weighted by molar-refractivity contribution is 7.89. The van der Waals surface area contributed by atoms with E-state index in [1.807, 2.05) is 17.5 Å². The molecule has 1 saturated heterocycles. The van der Waals surface area contributed by atoms with Gasteiger partial charge < -0.3 is 4.90 Å². The van der Waals surface area contributed by atoms with Gasteiger partial charge in [-0.25, -0.2) is 8.42 Å². The number of benzene rings is 1. The Kier molecular flexibility index (Phi) is 6.02. The molecule has 3 rings (SSSR count). The van der Waals surface area contributed by atoms with Crippen LogP contribution in [0.3, 0.4) is 0 Å². The first kappa shape index (κ1) is 19.4. The predicted molar refractivity (Wildman–Crippen MR) is 104 cm³/mol. The standard InChI is InChI=1S/C18H21ClN2O3S2/c1-20(13-15-6-5-11-25-15)18(22)14-7-8-16(19)17(12-14)26(23,24)21-9-3-2-4-10-21/h5-8,11-12H,2-4,9-10,13H2,1H3. The number of hydrogen-bond donors (Lipinski definition) is 0. The summed E-state index contributed by atoms with van der Waals surface area (Å²) in [5.41, 5.74) is 0.323. The van der Waals surface area contributed by atoms with Gasteiger partial charge in [0.15, 0.2) is 0 Å². The second-order valence-electron chi connectivity index (χ2n) is 6.35. The van der Waals surface area contributed by atoms with Gasteiger partial charge in [0.05, 0.1) is 11.6 Å². The predicted octanol–water partition coefficient (Wildman–Crippen LogP) is 3.85. The summed E-state index contributed by atoms with van der Waals surface area (Å²) in [5.74, 6) is -0.231. The van der Waals surface area contributed by atoms with E-state index in [0.29, 0.717) is 25.2 Å². The Morgan fingerprint density at radius 3 is 2.62 bits per heavy atom. The number of carbonyl (C=O) groups is 1. The molecular formula is C18H21ClN2O3S2. The number of rotatable bonds is 5. The van der Waals surface area contributed by atoms with E-state index in [-0.39, 0.29) is 15.8 Å². The minimum absolute atomic E-state index is 0.0106. The van der Waals surface area contributed by atoms with Gasteiger partial charge in [0.1, 0.15) is 4.90 Å². The van der Waals surface area contributed by atoms with E-state index >= 15 is 0 Å². The molecule has 1 fully saturated rings. The van der Waals surface area contributed by atoms with Crippen molar-refractivity contribution >= 4 is 38.9 Å². The maximum atomic E-state index is 12.9. The molecule has 8 heteroatoms. The highest BCUT2D eigenvalue weighted by Crippen LogP contribution is 2.28. The lowest BCUT2D eigenvalue weighted by molar-refractivity contribution is 0.0786. The van der Waals surface area contributed by atoms with Gasteiger partial charge in [-0.2, -0.15) is 4.31 Å². The van der Waals surface area contributed by atoms with Crippen LogP contribution in [0.15, 0.2) is 40.6 Å². The number of piperidine rings is 1. The fourth-order valence-corrected chi connectivity index (χ4v) is 5.78. The summed E-state index contributed by atoms with van der Waals surface area (Å²) in [7, 11) is -1.99. The Morgan fingerprint density at radius 2 is 1.96 bits per heavy atom. The van der Waals surface area contributed by atoms with E-state index in [1.165, 1.54) is 16.4 Å². The molecule has 5 nitrogen and oxygen atoms in total. The van der Waals surface area contributed by atoms with Crippen molar-refractivity contribution in [2.75, 3.05) is 20.1 Å². The molecule has 0 bridgehead atoms. The lowest BCUT2D eigenvalue weighted by Crippen LogP contribution is -2.36. The molecule has 0 atom stereocenters. The van der Waals surface area contributed by atoms with Crippen LogP contribution in [0.4, 0.5) is 0 Å². The van der Waals surface area contributed by atoms with Crippen molar-refractivity contribution in [2.45, 2.75) is 30.7 Å². The number of carbonyl (C=O) groups excluding carboxylic acids is 1. The first-order chi connectivity index (χ1) is 12.4. The molecule has 0 unspecified atom stereocenters. The first-order valence-electron chi connectivity index (χ1n) is 8.47. The van der Waals surface area contributed by atoms with E-state index in [9.17, 15) is 13.2 Å². The number of hydrogen-bond acceptors (Lipinski definition) is 4. The van der Waals surface area contributed by atoms with Crippen molar-refractivity contribution in [3.63, 3.8) is 0 Å². The van der Waals surface area contributed by atoms with Gasteiger partial charge in [-0.15, -0.1) is 11.3 Å². The minimum atomic E-state index is -3.69. The second-order valence-corrected chi connectivity index (χ2v) is 9.70. The summed E-state index contributed by atoms with van der Waals surface area (Å²) in [6.45, 7) is 1.47. The van der Waals surface area contributed by atoms with Crippen LogP contribution in [-0.2, 0) is 16.6 Å². The van der Waals surface area contributed by atoms with Gasteiger partial charge in [0.2, 0.25) is 10.0 Å². The first-order valence-corrected chi connectivity index (χ1v) is 11.2. The number of nitrogens with zero attached hydrogens (tertiary/aromatic N) is 2. The zero-order valence-corrected chi connectivity index (χ0v) is 16.9. The van der Waals surface area contributed by atoms with Gasteiger partial charge in [-0.1, -0.05) is 24.1 Å². The maximum Gasteiger partial charge on any atom is 0.253 e. The number of halogens is 1. The molecule has 2 heterocycles. The molecule has 2 aromatic rings. The Bertz CT molecular complexity index is 876. The summed E-state index contributed by atoms with van der Waals surface area (Å²) in [5, 5.41) is 2.10. The smallest absolute Gasteiger partial charge is 0.253 e. The third-order valence-corrected chi connectivity index (χ3v) is 7.67. The second kappa shape index (κ2) is 8.08. The number of amides is 1. The van der Waals surface area contributed by atoms with Crippen molar-refractivity contribution in [3.05, 3.63) is 51.2 Å². The maximum absolute atomic E-state index is 12.9. The van der Waals surface area contributed by atoms with Crippen LogP contribution in [0, 0.1) is 0 Å². The van der Waals surface area contributed by atoms with Crippen molar-refractivity contribution < 1.29 is 13.2 Å². The fraction of sp³-hybridized carbons (Fsp3) is 0.389. The zero-order valence-electron chi connectivity index (χ0n) is 14.5. The summed E-state index contributed by atoms with van der Waals surface area (Å²) >= 11 is 7.75. The quantitative estimate of drug-likeness (QED) is 0.749. The van der Waals surface area contributed by atoms with Crippen molar-refractivity contribution in [1.29, 1.82) is 0 Å². The molecular weight excluding hydrogens is 392 g/mol. The Morgan fingerprint density at radius 1 is 1.23 bits per heavy atom. The molecule has 0 N–H and O–H groups in total. The normalized spacial score (nSPS) is 15.8. The van der Waals surface area contributed by atoms with Crippen LogP contribution in [0.25, 0.3) is 0 Å². The molecule has 1 aromatic heterocycles. The van der Waals surface area contributed by atoms with E-state index in [1.54, 1.807) is 29.4 Å². The summed E-state index contributed by atoms with van der Waals surface area (Å²) in [4.78, 5) is 15.4. The van der Waals surface area contributed by atoms with E-state index < -0.39 is 10.0 Å². The lowest BCUT2D eigenvalue weighted by atomic mass is 10.2. The molecule has 1 aliphatic rings. The molecule has 0 spiro atoms. The molecule has 0 radical (unpaired) electrons.